The van der Waals surface area contributed by atoms with Gasteiger partial charge >= 0.3 is 0 Å². The molecule has 0 bridgehead atoms. The van der Waals surface area contributed by atoms with Crippen molar-refractivity contribution in [1.29, 1.82) is 0 Å². The van der Waals surface area contributed by atoms with Crippen LogP contribution in [0, 0.1) is 0 Å². The topological polar surface area (TPSA) is 61.8 Å². The van der Waals surface area contributed by atoms with E-state index in [0.717, 1.165) is 6.54 Å². The Morgan fingerprint density at radius 3 is 2.40 bits per heavy atom. The van der Waals surface area contributed by atoms with Crippen molar-refractivity contribution in [2.75, 3.05) is 20.1 Å². The first-order valence-electron chi connectivity index (χ1n) is 5.85. The standard InChI is InChI=1S/C11H25N3O/c1-3-4-5-6-7-8-9-14(2)10-11(12)13-15/h15H,3-10H2,1-2H3,(H2,12,13). The van der Waals surface area contributed by atoms with E-state index in [0.29, 0.717) is 6.54 Å². The van der Waals surface area contributed by atoms with Crippen LogP contribution < -0.4 is 5.73 Å². The van der Waals surface area contributed by atoms with Gasteiger partial charge in [-0.15, -0.1) is 0 Å². The van der Waals surface area contributed by atoms with Gasteiger partial charge in [0.05, 0.1) is 6.54 Å². The number of nitrogens with two attached hydrogens (primary N) is 1. The minimum Gasteiger partial charge on any atom is -0.409 e. The van der Waals surface area contributed by atoms with Gasteiger partial charge in [-0.05, 0) is 20.0 Å². The maximum absolute atomic E-state index is 8.39. The molecule has 0 aliphatic carbocycles. The van der Waals surface area contributed by atoms with Crippen LogP contribution in [0.2, 0.25) is 0 Å². The molecule has 0 saturated heterocycles. The molecule has 0 aromatic carbocycles. The van der Waals surface area contributed by atoms with Gasteiger partial charge in [0.2, 0.25) is 0 Å². The second-order valence-electron chi connectivity index (χ2n) is 4.10. The average Bonchev–Trinajstić information content (AvgIpc) is 2.23. The molecule has 0 radical (unpaired) electrons. The van der Waals surface area contributed by atoms with Crippen molar-refractivity contribution in [2.24, 2.45) is 10.9 Å². The molecule has 0 unspecified atom stereocenters. The highest BCUT2D eigenvalue weighted by molar-refractivity contribution is 5.81. The van der Waals surface area contributed by atoms with E-state index >= 15 is 0 Å². The Labute approximate surface area is 93.1 Å². The van der Waals surface area contributed by atoms with Crippen LogP contribution in [0.1, 0.15) is 45.4 Å². The maximum Gasteiger partial charge on any atom is 0.153 e. The SMILES string of the molecule is CCCCCCCCN(C)CC(N)=NO. The molecule has 15 heavy (non-hydrogen) atoms. The van der Waals surface area contributed by atoms with Crippen molar-refractivity contribution in [2.45, 2.75) is 45.4 Å². The highest BCUT2D eigenvalue weighted by Gasteiger charge is 2.00. The summed E-state index contributed by atoms with van der Waals surface area (Å²) in [4.78, 5) is 2.08. The summed E-state index contributed by atoms with van der Waals surface area (Å²) in [7, 11) is 1.99. The van der Waals surface area contributed by atoms with E-state index in [4.69, 9.17) is 10.9 Å². The van der Waals surface area contributed by atoms with Crippen LogP contribution in [-0.4, -0.2) is 36.1 Å². The Balaban J connectivity index is 3.27. The molecule has 0 heterocycles. The summed E-state index contributed by atoms with van der Waals surface area (Å²) in [5.74, 6) is 0.281. The largest absolute Gasteiger partial charge is 0.409 e. The second kappa shape index (κ2) is 9.77. The molecule has 0 atom stereocenters. The van der Waals surface area contributed by atoms with Gasteiger partial charge in [0, 0.05) is 0 Å². The fourth-order valence-electron chi connectivity index (χ4n) is 1.55. The van der Waals surface area contributed by atoms with E-state index in [9.17, 15) is 0 Å². The Hall–Kier alpha value is -0.770. The van der Waals surface area contributed by atoms with Gasteiger partial charge in [-0.1, -0.05) is 44.2 Å². The van der Waals surface area contributed by atoms with Gasteiger partial charge in [0.1, 0.15) is 0 Å². The third-order valence-corrected chi connectivity index (χ3v) is 2.45. The van der Waals surface area contributed by atoms with E-state index in [1.54, 1.807) is 0 Å². The number of amidine groups is 1. The van der Waals surface area contributed by atoms with Crippen LogP contribution in [0.25, 0.3) is 0 Å². The molecular weight excluding hydrogens is 190 g/mol. The zero-order valence-corrected chi connectivity index (χ0v) is 10.1. The first-order valence-corrected chi connectivity index (χ1v) is 5.85. The highest BCUT2D eigenvalue weighted by atomic mass is 16.4. The maximum atomic E-state index is 8.39. The van der Waals surface area contributed by atoms with E-state index in [2.05, 4.69) is 17.0 Å². The van der Waals surface area contributed by atoms with Crippen LogP contribution in [0.3, 0.4) is 0 Å². The number of rotatable bonds is 9. The molecule has 90 valence electrons. The summed E-state index contributed by atoms with van der Waals surface area (Å²) >= 11 is 0. The molecule has 4 heteroatoms. The van der Waals surface area contributed by atoms with Crippen LogP contribution >= 0.6 is 0 Å². The van der Waals surface area contributed by atoms with Gasteiger partial charge in [-0.3, -0.25) is 4.90 Å². The van der Waals surface area contributed by atoms with Gasteiger partial charge in [0.15, 0.2) is 5.84 Å². The Morgan fingerprint density at radius 1 is 1.20 bits per heavy atom. The molecule has 0 aromatic rings. The van der Waals surface area contributed by atoms with Gasteiger partial charge in [-0.25, -0.2) is 0 Å². The molecular formula is C11H25N3O. The molecule has 0 aliphatic rings. The predicted molar refractivity (Wildman–Crippen MR) is 64.3 cm³/mol. The summed E-state index contributed by atoms with van der Waals surface area (Å²) in [6, 6.07) is 0. The molecule has 0 amide bonds. The van der Waals surface area contributed by atoms with Crippen LogP contribution in [0.5, 0.6) is 0 Å². The fourth-order valence-corrected chi connectivity index (χ4v) is 1.55. The third kappa shape index (κ3) is 9.53. The lowest BCUT2D eigenvalue weighted by molar-refractivity contribution is 0.308. The normalized spacial score (nSPS) is 12.3. The van der Waals surface area contributed by atoms with E-state index < -0.39 is 0 Å². The molecule has 0 rings (SSSR count). The van der Waals surface area contributed by atoms with Crippen LogP contribution in [0.15, 0.2) is 5.16 Å². The van der Waals surface area contributed by atoms with Gasteiger partial charge < -0.3 is 10.9 Å². The predicted octanol–water partition coefficient (Wildman–Crippen LogP) is 2.03. The minimum absolute atomic E-state index is 0.281. The lowest BCUT2D eigenvalue weighted by atomic mass is 10.1. The van der Waals surface area contributed by atoms with E-state index in [1.807, 2.05) is 7.05 Å². The van der Waals surface area contributed by atoms with Gasteiger partial charge in [0.25, 0.3) is 0 Å². The van der Waals surface area contributed by atoms with Crippen molar-refractivity contribution < 1.29 is 5.21 Å². The Morgan fingerprint density at radius 2 is 1.80 bits per heavy atom. The van der Waals surface area contributed by atoms with E-state index in [1.165, 1.54) is 38.5 Å². The number of hydrogen-bond acceptors (Lipinski definition) is 3. The zero-order chi connectivity index (χ0) is 11.5. The highest BCUT2D eigenvalue weighted by Crippen LogP contribution is 2.05. The Bertz CT molecular complexity index is 171. The first kappa shape index (κ1) is 14.2. The van der Waals surface area contributed by atoms with Crippen molar-refractivity contribution in [1.82, 2.24) is 4.90 Å². The summed E-state index contributed by atoms with van der Waals surface area (Å²) in [6.45, 7) is 3.79. The first-order chi connectivity index (χ1) is 7.20. The summed E-state index contributed by atoms with van der Waals surface area (Å²) in [6.07, 6.45) is 7.79. The summed E-state index contributed by atoms with van der Waals surface area (Å²) in [5, 5.41) is 11.3. The number of hydrogen-bond donors (Lipinski definition) is 2. The smallest absolute Gasteiger partial charge is 0.153 e. The molecule has 0 aliphatic heterocycles. The minimum atomic E-state index is 0.281. The van der Waals surface area contributed by atoms with Crippen molar-refractivity contribution in [3.05, 3.63) is 0 Å². The monoisotopic (exact) mass is 215 g/mol. The average molecular weight is 215 g/mol. The lowest BCUT2D eigenvalue weighted by Gasteiger charge is -2.14. The molecule has 0 fully saturated rings. The van der Waals surface area contributed by atoms with Crippen molar-refractivity contribution in [3.63, 3.8) is 0 Å². The fraction of sp³-hybridized carbons (Fsp3) is 0.909. The molecule has 0 saturated carbocycles. The molecule has 3 N–H and O–H groups in total. The zero-order valence-electron chi connectivity index (χ0n) is 10.1. The van der Waals surface area contributed by atoms with Crippen LogP contribution in [-0.2, 0) is 0 Å². The second-order valence-corrected chi connectivity index (χ2v) is 4.10. The van der Waals surface area contributed by atoms with Crippen LogP contribution in [0.4, 0.5) is 0 Å². The van der Waals surface area contributed by atoms with E-state index in [-0.39, 0.29) is 5.84 Å². The summed E-state index contributed by atoms with van der Waals surface area (Å²) < 4.78 is 0. The van der Waals surface area contributed by atoms with Gasteiger partial charge in [-0.2, -0.15) is 0 Å². The number of likely N-dealkylation sites (N-methyl/N-ethyl adjacent to an activating group) is 1. The molecule has 0 spiro atoms. The van der Waals surface area contributed by atoms with Crippen molar-refractivity contribution >= 4 is 5.84 Å². The number of nitrogens with zero attached hydrogens (tertiary/aromatic N) is 2. The summed E-state index contributed by atoms with van der Waals surface area (Å²) in [5.41, 5.74) is 5.40. The third-order valence-electron chi connectivity index (χ3n) is 2.45. The number of oxime groups is 1. The molecule has 4 nitrogen and oxygen atoms in total. The quantitative estimate of drug-likeness (QED) is 0.203. The molecule has 0 aromatic heterocycles. The Kier molecular flexibility index (Phi) is 9.27. The lowest BCUT2D eigenvalue weighted by Crippen LogP contribution is -2.31. The van der Waals surface area contributed by atoms with Crippen molar-refractivity contribution in [3.8, 4) is 0 Å². The number of unbranched alkanes of at least 4 members (excludes halogenated alkanes) is 5.